The highest BCUT2D eigenvalue weighted by molar-refractivity contribution is 6.40. The molecule has 0 aromatic carbocycles. The first-order valence-electron chi connectivity index (χ1n) is 6.42. The second-order valence-electron chi connectivity index (χ2n) is 4.59. The summed E-state index contributed by atoms with van der Waals surface area (Å²) in [5.74, 6) is 0.417. The van der Waals surface area contributed by atoms with Crippen molar-refractivity contribution in [3.8, 4) is 5.82 Å². The van der Waals surface area contributed by atoms with Crippen molar-refractivity contribution in [3.05, 3.63) is 35.0 Å². The molecule has 0 radical (unpaired) electrons. The molecular weight excluding hydrogens is 315 g/mol. The molecule has 3 rings (SSSR count). The van der Waals surface area contributed by atoms with Gasteiger partial charge in [-0.1, -0.05) is 23.2 Å². The predicted octanol–water partition coefficient (Wildman–Crippen LogP) is 2.69. The Hall–Kier alpha value is -1.63. The first-order chi connectivity index (χ1) is 10.1. The van der Waals surface area contributed by atoms with E-state index in [1.54, 1.807) is 22.9 Å². The van der Waals surface area contributed by atoms with Crippen LogP contribution in [0.1, 0.15) is 12.8 Å². The molecule has 6 nitrogen and oxygen atoms in total. The lowest BCUT2D eigenvalue weighted by atomic mass is 10.2. The summed E-state index contributed by atoms with van der Waals surface area (Å²) in [6.07, 6.45) is 4.33. The van der Waals surface area contributed by atoms with Crippen molar-refractivity contribution in [2.75, 3.05) is 11.9 Å². The lowest BCUT2D eigenvalue weighted by Gasteiger charge is -2.10. The highest BCUT2D eigenvalue weighted by atomic mass is 35.5. The van der Waals surface area contributed by atoms with Gasteiger partial charge in [-0.25, -0.2) is 9.97 Å². The maximum atomic E-state index is 11.9. The van der Waals surface area contributed by atoms with Gasteiger partial charge in [-0.3, -0.25) is 9.36 Å². The molecule has 110 valence electrons. The van der Waals surface area contributed by atoms with Crippen LogP contribution in [0.25, 0.3) is 5.82 Å². The Morgan fingerprint density at radius 1 is 1.38 bits per heavy atom. The van der Waals surface area contributed by atoms with Gasteiger partial charge in [-0.15, -0.1) is 0 Å². The van der Waals surface area contributed by atoms with Crippen LogP contribution in [-0.2, 0) is 9.53 Å². The number of imidazole rings is 1. The number of nitrogens with one attached hydrogen (secondary N) is 1. The molecule has 0 bridgehead atoms. The summed E-state index contributed by atoms with van der Waals surface area (Å²) in [6, 6.07) is 3.45. The third kappa shape index (κ3) is 3.02. The summed E-state index contributed by atoms with van der Waals surface area (Å²) < 4.78 is 6.87. The average molecular weight is 327 g/mol. The van der Waals surface area contributed by atoms with Crippen molar-refractivity contribution in [1.29, 1.82) is 0 Å². The van der Waals surface area contributed by atoms with Gasteiger partial charge < -0.3 is 10.1 Å². The van der Waals surface area contributed by atoms with Gasteiger partial charge in [-0.05, 0) is 25.0 Å². The number of halogens is 2. The van der Waals surface area contributed by atoms with Crippen molar-refractivity contribution in [2.24, 2.45) is 0 Å². The average Bonchev–Trinajstić information content (AvgIpc) is 3.12. The Kier molecular flexibility index (Phi) is 4.10. The van der Waals surface area contributed by atoms with Crippen LogP contribution in [0.4, 0.5) is 5.69 Å². The summed E-state index contributed by atoms with van der Waals surface area (Å²) in [6.45, 7) is 0.634. The molecular formula is C13H12Cl2N4O2. The zero-order valence-electron chi connectivity index (χ0n) is 10.9. The number of nitrogens with zero attached hydrogens (tertiary/aromatic N) is 3. The molecule has 1 fully saturated rings. The van der Waals surface area contributed by atoms with E-state index in [1.807, 2.05) is 0 Å². The number of ether oxygens (including phenoxy) is 1. The first kappa shape index (κ1) is 14.3. The van der Waals surface area contributed by atoms with E-state index >= 15 is 0 Å². The van der Waals surface area contributed by atoms with Gasteiger partial charge in [0.25, 0.3) is 5.91 Å². The minimum atomic E-state index is -0.369. The van der Waals surface area contributed by atoms with E-state index in [-0.39, 0.29) is 17.2 Å². The molecule has 0 saturated carbocycles. The molecule has 0 unspecified atom stereocenters. The molecule has 1 aliphatic rings. The molecule has 0 aliphatic carbocycles. The molecule has 8 heteroatoms. The largest absolute Gasteiger partial charge is 0.368 e. The number of anilines is 1. The third-order valence-electron chi connectivity index (χ3n) is 3.15. The lowest BCUT2D eigenvalue weighted by molar-refractivity contribution is -0.124. The van der Waals surface area contributed by atoms with E-state index in [0.717, 1.165) is 12.8 Å². The number of hydrogen-bond donors (Lipinski definition) is 1. The van der Waals surface area contributed by atoms with Gasteiger partial charge in [0.15, 0.2) is 10.3 Å². The van der Waals surface area contributed by atoms with E-state index in [0.29, 0.717) is 23.3 Å². The Morgan fingerprint density at radius 3 is 2.81 bits per heavy atom. The lowest BCUT2D eigenvalue weighted by Crippen LogP contribution is -2.26. The quantitative estimate of drug-likeness (QED) is 0.941. The topological polar surface area (TPSA) is 69.0 Å². The zero-order valence-corrected chi connectivity index (χ0v) is 12.4. The highest BCUT2D eigenvalue weighted by Gasteiger charge is 2.23. The van der Waals surface area contributed by atoms with E-state index in [4.69, 9.17) is 27.9 Å². The van der Waals surface area contributed by atoms with Gasteiger partial charge in [0.2, 0.25) is 0 Å². The van der Waals surface area contributed by atoms with Gasteiger partial charge in [0, 0.05) is 6.61 Å². The summed E-state index contributed by atoms with van der Waals surface area (Å²) in [5.41, 5.74) is 0.599. The summed E-state index contributed by atoms with van der Waals surface area (Å²) in [5, 5.41) is 3.28. The molecule has 2 aromatic rings. The van der Waals surface area contributed by atoms with Crippen molar-refractivity contribution in [2.45, 2.75) is 18.9 Å². The van der Waals surface area contributed by atoms with E-state index < -0.39 is 0 Å². The predicted molar refractivity (Wildman–Crippen MR) is 79.0 cm³/mol. The summed E-state index contributed by atoms with van der Waals surface area (Å²) in [7, 11) is 0. The maximum absolute atomic E-state index is 11.9. The van der Waals surface area contributed by atoms with Crippen molar-refractivity contribution < 1.29 is 9.53 Å². The molecule has 1 atom stereocenters. The molecule has 1 amide bonds. The Bertz CT molecular complexity index is 651. The second kappa shape index (κ2) is 6.01. The number of pyridine rings is 1. The van der Waals surface area contributed by atoms with Crippen LogP contribution in [0.5, 0.6) is 0 Å². The minimum Gasteiger partial charge on any atom is -0.368 e. The van der Waals surface area contributed by atoms with Gasteiger partial charge in [-0.2, -0.15) is 0 Å². The smallest absolute Gasteiger partial charge is 0.253 e. The fourth-order valence-corrected chi connectivity index (χ4v) is 2.39. The minimum absolute atomic E-state index is 0.147. The number of carbonyl (C=O) groups is 1. The Labute approximate surface area is 131 Å². The SMILES string of the molecule is O=C(Nc1ccc(-n2cnc(Cl)c2Cl)nc1)[C@@H]1CCCO1. The Balaban J connectivity index is 1.72. The molecule has 1 aliphatic heterocycles. The number of carbonyl (C=O) groups excluding carboxylic acids is 1. The molecule has 3 heterocycles. The maximum Gasteiger partial charge on any atom is 0.253 e. The van der Waals surface area contributed by atoms with Crippen LogP contribution in [-0.4, -0.2) is 33.2 Å². The second-order valence-corrected chi connectivity index (χ2v) is 5.31. The van der Waals surface area contributed by atoms with Crippen LogP contribution in [0.3, 0.4) is 0 Å². The van der Waals surface area contributed by atoms with Crippen LogP contribution in [0, 0.1) is 0 Å². The summed E-state index contributed by atoms with van der Waals surface area (Å²) in [4.78, 5) is 20.0. The highest BCUT2D eigenvalue weighted by Crippen LogP contribution is 2.23. The number of hydrogen-bond acceptors (Lipinski definition) is 4. The monoisotopic (exact) mass is 326 g/mol. The van der Waals surface area contributed by atoms with Crippen LogP contribution < -0.4 is 5.32 Å². The molecule has 1 N–H and O–H groups in total. The third-order valence-corrected chi connectivity index (χ3v) is 3.89. The molecule has 1 saturated heterocycles. The standard InChI is InChI=1S/C13H12Cl2N4O2/c14-11-12(15)19(7-17-11)10-4-3-8(6-16-10)18-13(20)9-2-1-5-21-9/h3-4,6-7,9H,1-2,5H2,(H,18,20)/t9-/m0/s1. The van der Waals surface area contributed by atoms with Crippen molar-refractivity contribution in [1.82, 2.24) is 14.5 Å². The number of rotatable bonds is 3. The van der Waals surface area contributed by atoms with E-state index in [9.17, 15) is 4.79 Å². The molecule has 0 spiro atoms. The van der Waals surface area contributed by atoms with Crippen LogP contribution in [0.15, 0.2) is 24.7 Å². The van der Waals surface area contributed by atoms with Crippen LogP contribution >= 0.6 is 23.2 Å². The van der Waals surface area contributed by atoms with Crippen LogP contribution in [0.2, 0.25) is 10.3 Å². The van der Waals surface area contributed by atoms with Crippen molar-refractivity contribution >= 4 is 34.8 Å². The van der Waals surface area contributed by atoms with Gasteiger partial charge in [0.1, 0.15) is 18.2 Å². The van der Waals surface area contributed by atoms with Gasteiger partial charge in [0.05, 0.1) is 11.9 Å². The summed E-state index contributed by atoms with van der Waals surface area (Å²) >= 11 is 11.8. The fraction of sp³-hybridized carbons (Fsp3) is 0.308. The molecule has 2 aromatic heterocycles. The Morgan fingerprint density at radius 2 is 2.24 bits per heavy atom. The number of aromatic nitrogens is 3. The normalized spacial score (nSPS) is 17.9. The van der Waals surface area contributed by atoms with E-state index in [1.165, 1.54) is 6.33 Å². The zero-order chi connectivity index (χ0) is 14.8. The van der Waals surface area contributed by atoms with E-state index in [2.05, 4.69) is 15.3 Å². The first-order valence-corrected chi connectivity index (χ1v) is 7.18. The number of amides is 1. The molecule has 21 heavy (non-hydrogen) atoms. The fourth-order valence-electron chi connectivity index (χ4n) is 2.08. The van der Waals surface area contributed by atoms with Crippen molar-refractivity contribution in [3.63, 3.8) is 0 Å². The van der Waals surface area contributed by atoms with Gasteiger partial charge >= 0.3 is 0 Å².